The van der Waals surface area contributed by atoms with Gasteiger partial charge in [-0.3, -0.25) is 18.9 Å². The van der Waals surface area contributed by atoms with Crippen LogP contribution in [0.2, 0.25) is 0 Å². The van der Waals surface area contributed by atoms with E-state index in [2.05, 4.69) is 4.52 Å². The van der Waals surface area contributed by atoms with Crippen LogP contribution in [-0.2, 0) is 13.8 Å². The molecule has 0 radical (unpaired) electrons. The maximum Gasteiger partial charge on any atom is 0.469 e. The van der Waals surface area contributed by atoms with Crippen molar-refractivity contribution in [2.24, 2.45) is 0 Å². The molecule has 0 saturated carbocycles. The summed E-state index contributed by atoms with van der Waals surface area (Å²) in [4.78, 5) is 42.3. The Morgan fingerprint density at radius 3 is 2.62 bits per heavy atom. The van der Waals surface area contributed by atoms with Crippen molar-refractivity contribution in [1.29, 1.82) is 0 Å². The van der Waals surface area contributed by atoms with Gasteiger partial charge in [-0.15, -0.1) is 0 Å². The second kappa shape index (κ2) is 6.15. The van der Waals surface area contributed by atoms with Crippen molar-refractivity contribution < 1.29 is 38.2 Å². The third kappa shape index (κ3) is 3.35. The van der Waals surface area contributed by atoms with Crippen LogP contribution in [0.5, 0.6) is 0 Å². The smallest absolute Gasteiger partial charge is 0.387 e. The van der Waals surface area contributed by atoms with Gasteiger partial charge in [0.05, 0.1) is 6.61 Å². The molecule has 2 rings (SSSR count). The van der Waals surface area contributed by atoms with Crippen molar-refractivity contribution in [2.45, 2.75) is 30.5 Å². The SMILES string of the molecule is C[C@@]1(O)[C@H](O)[C@@](CF)(COP(=O)(O)O)O[C@H]1n1ccc(=O)[nH]c1=O. The van der Waals surface area contributed by atoms with Gasteiger partial charge in [-0.05, 0) is 6.92 Å². The third-order valence-electron chi connectivity index (χ3n) is 3.71. The molecule has 0 aromatic carbocycles. The Morgan fingerprint density at radius 2 is 2.12 bits per heavy atom. The van der Waals surface area contributed by atoms with E-state index in [0.717, 1.165) is 19.2 Å². The predicted octanol–water partition coefficient (Wildman–Crippen LogP) is -2.01. The van der Waals surface area contributed by atoms with Gasteiger partial charge in [-0.2, -0.15) is 0 Å². The second-order valence-electron chi connectivity index (χ2n) is 5.58. The van der Waals surface area contributed by atoms with Gasteiger partial charge in [0.2, 0.25) is 0 Å². The summed E-state index contributed by atoms with van der Waals surface area (Å²) in [6.07, 6.45) is -2.68. The van der Waals surface area contributed by atoms with Crippen LogP contribution in [-0.4, -0.2) is 60.1 Å². The first-order valence-corrected chi connectivity index (χ1v) is 8.12. The minimum absolute atomic E-state index is 0.708. The molecule has 1 fully saturated rings. The molecule has 136 valence electrons. The van der Waals surface area contributed by atoms with Gasteiger partial charge in [-0.25, -0.2) is 13.8 Å². The zero-order valence-electron chi connectivity index (χ0n) is 12.3. The molecule has 2 heterocycles. The standard InChI is InChI=1S/C11H16FN2O9P/c1-10(18)7(16)11(4-12,5-22-24(19,20)21)23-8(10)14-3-2-6(15)13-9(14)17/h2-3,7-8,16,18H,4-5H2,1H3,(H,13,15,17)(H2,19,20,21)/t7-,8+,10+,11+/m0/s1. The Balaban J connectivity index is 2.43. The fraction of sp³-hybridized carbons (Fsp3) is 0.636. The van der Waals surface area contributed by atoms with Crippen LogP contribution in [0.3, 0.4) is 0 Å². The van der Waals surface area contributed by atoms with Crippen LogP contribution >= 0.6 is 7.82 Å². The van der Waals surface area contributed by atoms with Crippen molar-refractivity contribution in [2.75, 3.05) is 13.3 Å². The number of H-pyrrole nitrogens is 1. The zero-order chi connectivity index (χ0) is 18.3. The number of nitrogens with one attached hydrogen (secondary N) is 1. The Hall–Kier alpha value is -1.40. The van der Waals surface area contributed by atoms with Crippen molar-refractivity contribution >= 4 is 7.82 Å². The summed E-state index contributed by atoms with van der Waals surface area (Å²) in [6.45, 7) is -1.52. The van der Waals surface area contributed by atoms with E-state index < -0.39 is 55.9 Å². The summed E-state index contributed by atoms with van der Waals surface area (Å²) in [5.41, 5.74) is -6.28. The monoisotopic (exact) mass is 370 g/mol. The summed E-state index contributed by atoms with van der Waals surface area (Å²) < 4.78 is 34.4. The topological polar surface area (TPSA) is 171 Å². The summed E-state index contributed by atoms with van der Waals surface area (Å²) in [5.74, 6) is 0. The zero-order valence-corrected chi connectivity index (χ0v) is 13.2. The van der Waals surface area contributed by atoms with E-state index in [4.69, 9.17) is 14.5 Å². The first kappa shape index (κ1) is 18.9. The molecule has 5 N–H and O–H groups in total. The van der Waals surface area contributed by atoms with E-state index in [9.17, 15) is 28.8 Å². The van der Waals surface area contributed by atoms with Gasteiger partial charge in [0, 0.05) is 12.3 Å². The van der Waals surface area contributed by atoms with E-state index >= 15 is 0 Å². The largest absolute Gasteiger partial charge is 0.469 e. The summed E-state index contributed by atoms with van der Waals surface area (Å²) in [6, 6.07) is 0.939. The van der Waals surface area contributed by atoms with Crippen molar-refractivity contribution in [3.63, 3.8) is 0 Å². The molecule has 0 amide bonds. The number of aliphatic hydroxyl groups excluding tert-OH is 1. The molecule has 1 aromatic rings. The minimum atomic E-state index is -5.01. The number of rotatable bonds is 5. The first-order chi connectivity index (χ1) is 10.9. The molecule has 0 aliphatic carbocycles. The van der Waals surface area contributed by atoms with Gasteiger partial charge in [0.15, 0.2) is 11.8 Å². The molecule has 13 heteroatoms. The number of hydrogen-bond acceptors (Lipinski definition) is 7. The van der Waals surface area contributed by atoms with Crippen LogP contribution in [0.4, 0.5) is 4.39 Å². The number of hydrogen-bond donors (Lipinski definition) is 5. The van der Waals surface area contributed by atoms with Gasteiger partial charge in [-0.1, -0.05) is 0 Å². The van der Waals surface area contributed by atoms with E-state index in [-0.39, 0.29) is 0 Å². The lowest BCUT2D eigenvalue weighted by Crippen LogP contribution is -2.53. The Morgan fingerprint density at radius 1 is 1.50 bits per heavy atom. The molecule has 24 heavy (non-hydrogen) atoms. The lowest BCUT2D eigenvalue weighted by molar-refractivity contribution is -0.138. The summed E-state index contributed by atoms with van der Waals surface area (Å²) >= 11 is 0. The first-order valence-electron chi connectivity index (χ1n) is 6.59. The van der Waals surface area contributed by atoms with E-state index in [1.54, 1.807) is 0 Å². The fourth-order valence-corrected chi connectivity index (χ4v) is 2.86. The molecule has 0 spiro atoms. The molecule has 1 saturated heterocycles. The number of ether oxygens (including phenoxy) is 1. The second-order valence-corrected chi connectivity index (χ2v) is 6.82. The quantitative estimate of drug-likeness (QED) is 0.367. The average Bonchev–Trinajstić information content (AvgIpc) is 2.66. The molecule has 1 aliphatic heterocycles. The normalized spacial score (nSPS) is 33.8. The summed E-state index contributed by atoms with van der Waals surface area (Å²) in [7, 11) is -5.01. The van der Waals surface area contributed by atoms with Gasteiger partial charge in [0.25, 0.3) is 5.56 Å². The van der Waals surface area contributed by atoms with Crippen molar-refractivity contribution in [3.8, 4) is 0 Å². The number of alkyl halides is 1. The summed E-state index contributed by atoms with van der Waals surface area (Å²) in [5, 5.41) is 20.6. The van der Waals surface area contributed by atoms with Crippen molar-refractivity contribution in [3.05, 3.63) is 33.1 Å². The maximum atomic E-state index is 13.5. The average molecular weight is 370 g/mol. The number of aromatic amines is 1. The Bertz CT molecular complexity index is 771. The van der Waals surface area contributed by atoms with E-state index in [0.29, 0.717) is 4.57 Å². The highest BCUT2D eigenvalue weighted by Gasteiger charge is 2.62. The molecule has 4 atom stereocenters. The van der Waals surface area contributed by atoms with Crippen LogP contribution in [0.1, 0.15) is 13.2 Å². The van der Waals surface area contributed by atoms with Crippen LogP contribution < -0.4 is 11.2 Å². The highest BCUT2D eigenvalue weighted by Crippen LogP contribution is 2.46. The predicted molar refractivity (Wildman–Crippen MR) is 74.8 cm³/mol. The number of phosphoric acid groups is 1. The molecule has 0 unspecified atom stereocenters. The van der Waals surface area contributed by atoms with Crippen molar-refractivity contribution in [1.82, 2.24) is 9.55 Å². The van der Waals surface area contributed by atoms with Crippen LogP contribution in [0.25, 0.3) is 0 Å². The highest BCUT2D eigenvalue weighted by molar-refractivity contribution is 7.46. The van der Waals surface area contributed by atoms with Crippen LogP contribution in [0, 0.1) is 0 Å². The molecule has 11 nitrogen and oxygen atoms in total. The minimum Gasteiger partial charge on any atom is -0.387 e. The fourth-order valence-electron chi connectivity index (χ4n) is 2.47. The number of aromatic nitrogens is 2. The van der Waals surface area contributed by atoms with Gasteiger partial charge >= 0.3 is 13.5 Å². The molecular formula is C11H16FN2O9P. The third-order valence-corrected chi connectivity index (χ3v) is 4.17. The highest BCUT2D eigenvalue weighted by atomic mass is 31.2. The number of nitrogens with zero attached hydrogens (tertiary/aromatic N) is 1. The van der Waals surface area contributed by atoms with E-state index in [1.165, 1.54) is 0 Å². The number of aliphatic hydroxyl groups is 2. The molecular weight excluding hydrogens is 354 g/mol. The Kier molecular flexibility index (Phi) is 4.85. The van der Waals surface area contributed by atoms with Crippen LogP contribution in [0.15, 0.2) is 21.9 Å². The van der Waals surface area contributed by atoms with E-state index in [1.807, 2.05) is 4.98 Å². The lowest BCUT2D eigenvalue weighted by atomic mass is 9.88. The molecule has 1 aliphatic rings. The number of halogens is 1. The number of phosphoric ester groups is 1. The Labute approximate surface area is 133 Å². The molecule has 0 bridgehead atoms. The van der Waals surface area contributed by atoms with Gasteiger partial charge < -0.3 is 24.7 Å². The van der Waals surface area contributed by atoms with Gasteiger partial charge in [0.1, 0.15) is 18.4 Å². The molecule has 1 aromatic heterocycles. The maximum absolute atomic E-state index is 13.5. The lowest BCUT2D eigenvalue weighted by Gasteiger charge is -2.30.